The first-order valence-electron chi connectivity index (χ1n) is 5.94. The van der Waals surface area contributed by atoms with Gasteiger partial charge in [0, 0.05) is 12.0 Å². The molecule has 1 aliphatic rings. The van der Waals surface area contributed by atoms with Gasteiger partial charge in [-0.05, 0) is 18.9 Å². The Balaban J connectivity index is 2.31. The van der Waals surface area contributed by atoms with Crippen LogP contribution in [0.25, 0.3) is 0 Å². The first-order chi connectivity index (χ1) is 9.38. The Bertz CT molecular complexity index is 571. The van der Waals surface area contributed by atoms with Gasteiger partial charge < -0.3 is 15.5 Å². The van der Waals surface area contributed by atoms with Crippen molar-refractivity contribution in [2.45, 2.75) is 12.8 Å². The van der Waals surface area contributed by atoms with Crippen molar-refractivity contribution < 1.29 is 24.3 Å². The van der Waals surface area contributed by atoms with Gasteiger partial charge in [-0.25, -0.2) is 9.18 Å². The first-order valence-corrected chi connectivity index (χ1v) is 5.94. The Morgan fingerprint density at radius 1 is 1.50 bits per heavy atom. The molecule has 0 amide bonds. The minimum Gasteiger partial charge on any atom is -0.478 e. The van der Waals surface area contributed by atoms with Crippen molar-refractivity contribution in [1.82, 2.24) is 0 Å². The maximum Gasteiger partial charge on any atom is 0.338 e. The zero-order valence-corrected chi connectivity index (χ0v) is 10.4. The van der Waals surface area contributed by atoms with Gasteiger partial charge in [0.05, 0.1) is 23.2 Å². The number of aliphatic hydroxyl groups excluding tert-OH is 1. The van der Waals surface area contributed by atoms with Crippen molar-refractivity contribution in [2.24, 2.45) is 5.41 Å². The largest absolute Gasteiger partial charge is 0.478 e. The molecule has 2 rings (SSSR count). The van der Waals surface area contributed by atoms with Crippen molar-refractivity contribution in [3.63, 3.8) is 0 Å². The Morgan fingerprint density at radius 2 is 2.15 bits per heavy atom. The number of carbonyl (C=O) groups is 1. The molecular weight excluding hydrogens is 271 g/mol. The highest BCUT2D eigenvalue weighted by atomic mass is 19.1. The van der Waals surface area contributed by atoms with Crippen molar-refractivity contribution in [3.05, 3.63) is 33.6 Å². The number of aromatic carboxylic acids is 1. The van der Waals surface area contributed by atoms with Gasteiger partial charge in [0.25, 0.3) is 5.69 Å². The van der Waals surface area contributed by atoms with Gasteiger partial charge in [-0.15, -0.1) is 0 Å². The molecule has 1 aliphatic carbocycles. The van der Waals surface area contributed by atoms with Crippen LogP contribution in [0.3, 0.4) is 0 Å². The molecule has 108 valence electrons. The summed E-state index contributed by atoms with van der Waals surface area (Å²) in [6, 6.07) is 1.49. The number of anilines is 1. The van der Waals surface area contributed by atoms with Crippen LogP contribution in [0.5, 0.6) is 0 Å². The van der Waals surface area contributed by atoms with Gasteiger partial charge in [-0.1, -0.05) is 0 Å². The number of nitrogens with zero attached hydrogens (tertiary/aromatic N) is 1. The van der Waals surface area contributed by atoms with Crippen LogP contribution in [0.2, 0.25) is 0 Å². The SMILES string of the molecule is O=C(O)c1cc(NCC2(CO)CC2)c([N+](=O)[O-])cc1F. The highest BCUT2D eigenvalue weighted by Gasteiger charge is 2.42. The number of aliphatic hydroxyl groups is 1. The molecule has 0 aromatic heterocycles. The smallest absolute Gasteiger partial charge is 0.338 e. The minimum absolute atomic E-state index is 0.0548. The van der Waals surface area contributed by atoms with Crippen LogP contribution in [0, 0.1) is 21.3 Å². The van der Waals surface area contributed by atoms with Crippen LogP contribution in [-0.4, -0.2) is 34.3 Å². The van der Waals surface area contributed by atoms with E-state index in [1.165, 1.54) is 0 Å². The minimum atomic E-state index is -1.50. The molecule has 3 N–H and O–H groups in total. The van der Waals surface area contributed by atoms with E-state index in [9.17, 15) is 24.4 Å². The van der Waals surface area contributed by atoms with E-state index in [1.807, 2.05) is 0 Å². The summed E-state index contributed by atoms with van der Waals surface area (Å²) in [5, 5.41) is 31.6. The van der Waals surface area contributed by atoms with Crippen LogP contribution in [0.15, 0.2) is 12.1 Å². The second-order valence-electron chi connectivity index (χ2n) is 4.92. The van der Waals surface area contributed by atoms with Crippen molar-refractivity contribution >= 4 is 17.3 Å². The van der Waals surface area contributed by atoms with Crippen LogP contribution in [-0.2, 0) is 0 Å². The third kappa shape index (κ3) is 2.69. The molecule has 1 aromatic rings. The summed E-state index contributed by atoms with van der Waals surface area (Å²) in [6.07, 6.45) is 1.58. The summed E-state index contributed by atoms with van der Waals surface area (Å²) in [5.74, 6) is -2.65. The fourth-order valence-corrected chi connectivity index (χ4v) is 1.87. The molecule has 8 heteroatoms. The van der Waals surface area contributed by atoms with Crippen LogP contribution >= 0.6 is 0 Å². The fraction of sp³-hybridized carbons (Fsp3) is 0.417. The third-order valence-electron chi connectivity index (χ3n) is 3.46. The number of rotatable bonds is 6. The lowest BCUT2D eigenvalue weighted by Crippen LogP contribution is -2.20. The molecule has 0 radical (unpaired) electrons. The van der Waals surface area contributed by atoms with Gasteiger partial charge in [-0.3, -0.25) is 10.1 Å². The van der Waals surface area contributed by atoms with Gasteiger partial charge in [0.2, 0.25) is 0 Å². The zero-order chi connectivity index (χ0) is 14.9. The maximum atomic E-state index is 13.4. The van der Waals surface area contributed by atoms with Gasteiger partial charge in [0.15, 0.2) is 0 Å². The Kier molecular flexibility index (Phi) is 3.58. The average Bonchev–Trinajstić information content (AvgIpc) is 3.17. The highest BCUT2D eigenvalue weighted by Crippen LogP contribution is 2.45. The number of nitrogens with one attached hydrogen (secondary N) is 1. The standard InChI is InChI=1S/C12H13FN2O5/c13-8-4-10(15(19)20)9(3-7(8)11(17)18)14-5-12(6-16)1-2-12/h3-4,14,16H,1-2,5-6H2,(H,17,18). The van der Waals surface area contributed by atoms with Crippen LogP contribution in [0.4, 0.5) is 15.8 Å². The summed E-state index contributed by atoms with van der Waals surface area (Å²) in [6.45, 7) is 0.218. The molecule has 20 heavy (non-hydrogen) atoms. The molecule has 0 atom stereocenters. The van der Waals surface area contributed by atoms with Crippen LogP contribution in [0.1, 0.15) is 23.2 Å². The molecule has 1 saturated carbocycles. The Labute approximate surface area is 113 Å². The molecule has 0 aliphatic heterocycles. The Hall–Kier alpha value is -2.22. The van der Waals surface area contributed by atoms with Gasteiger partial charge in [-0.2, -0.15) is 0 Å². The van der Waals surface area contributed by atoms with E-state index in [1.54, 1.807) is 0 Å². The van der Waals surface area contributed by atoms with Gasteiger partial charge in [0.1, 0.15) is 11.5 Å². The first kappa shape index (κ1) is 14.2. The van der Waals surface area contributed by atoms with Crippen molar-refractivity contribution in [3.8, 4) is 0 Å². The lowest BCUT2D eigenvalue weighted by atomic mass is 10.1. The topological polar surface area (TPSA) is 113 Å². The Morgan fingerprint density at radius 3 is 2.60 bits per heavy atom. The average molecular weight is 284 g/mol. The predicted molar refractivity (Wildman–Crippen MR) is 67.3 cm³/mol. The maximum absolute atomic E-state index is 13.4. The molecule has 7 nitrogen and oxygen atoms in total. The number of carboxylic acid groups (broad SMARTS) is 1. The molecule has 1 fully saturated rings. The summed E-state index contributed by atoms with van der Waals surface area (Å²) < 4.78 is 13.4. The number of nitro groups is 1. The predicted octanol–water partition coefficient (Wildman–Crippen LogP) is 1.62. The zero-order valence-electron chi connectivity index (χ0n) is 10.4. The van der Waals surface area contributed by atoms with E-state index in [0.29, 0.717) is 6.07 Å². The number of carboxylic acids is 1. The second-order valence-corrected chi connectivity index (χ2v) is 4.92. The third-order valence-corrected chi connectivity index (χ3v) is 3.46. The molecule has 0 unspecified atom stereocenters. The molecule has 0 spiro atoms. The summed E-state index contributed by atoms with van der Waals surface area (Å²) >= 11 is 0. The normalized spacial score (nSPS) is 15.7. The summed E-state index contributed by atoms with van der Waals surface area (Å²) in [4.78, 5) is 20.9. The number of halogens is 1. The van der Waals surface area contributed by atoms with E-state index in [-0.39, 0.29) is 24.3 Å². The fourth-order valence-electron chi connectivity index (χ4n) is 1.87. The number of hydrogen-bond donors (Lipinski definition) is 3. The molecule has 1 aromatic carbocycles. The monoisotopic (exact) mass is 284 g/mol. The van der Waals surface area contributed by atoms with E-state index in [0.717, 1.165) is 18.9 Å². The van der Waals surface area contributed by atoms with E-state index in [4.69, 9.17) is 5.11 Å². The van der Waals surface area contributed by atoms with Crippen molar-refractivity contribution in [1.29, 1.82) is 0 Å². The van der Waals surface area contributed by atoms with E-state index >= 15 is 0 Å². The number of nitro benzene ring substituents is 1. The quantitative estimate of drug-likeness (QED) is 0.540. The van der Waals surface area contributed by atoms with Crippen LogP contribution < -0.4 is 5.32 Å². The highest BCUT2D eigenvalue weighted by molar-refractivity contribution is 5.90. The van der Waals surface area contributed by atoms with E-state index < -0.39 is 28.0 Å². The summed E-state index contributed by atoms with van der Waals surface area (Å²) in [5.41, 5.74) is -1.53. The number of benzene rings is 1. The summed E-state index contributed by atoms with van der Waals surface area (Å²) in [7, 11) is 0. The second kappa shape index (κ2) is 5.04. The molecule has 0 bridgehead atoms. The van der Waals surface area contributed by atoms with Crippen molar-refractivity contribution in [2.75, 3.05) is 18.5 Å². The molecule has 0 saturated heterocycles. The van der Waals surface area contributed by atoms with Gasteiger partial charge >= 0.3 is 5.97 Å². The lowest BCUT2D eigenvalue weighted by Gasteiger charge is -2.14. The van der Waals surface area contributed by atoms with E-state index in [2.05, 4.69) is 5.32 Å². The molecular formula is C12H13FN2O5. The lowest BCUT2D eigenvalue weighted by molar-refractivity contribution is -0.384. The molecule has 0 heterocycles. The number of hydrogen-bond acceptors (Lipinski definition) is 5.